The highest BCUT2D eigenvalue weighted by Crippen LogP contribution is 2.27. The minimum atomic E-state index is -0.211. The highest BCUT2D eigenvalue weighted by Gasteiger charge is 2.30. The molecule has 0 bridgehead atoms. The average molecular weight is 314 g/mol. The summed E-state index contributed by atoms with van der Waals surface area (Å²) in [7, 11) is 0. The predicted octanol–water partition coefficient (Wildman–Crippen LogP) is 2.07. The van der Waals surface area contributed by atoms with Gasteiger partial charge in [0.15, 0.2) is 0 Å². The van der Waals surface area contributed by atoms with Crippen molar-refractivity contribution in [3.63, 3.8) is 0 Å². The lowest BCUT2D eigenvalue weighted by Crippen LogP contribution is -2.42. The second kappa shape index (κ2) is 7.18. The van der Waals surface area contributed by atoms with Crippen LogP contribution < -0.4 is 5.32 Å². The summed E-state index contributed by atoms with van der Waals surface area (Å²) < 4.78 is 2.32. The smallest absolute Gasteiger partial charge is 0.237 e. The van der Waals surface area contributed by atoms with Gasteiger partial charge in [-0.2, -0.15) is 5.26 Å². The van der Waals surface area contributed by atoms with Crippen molar-refractivity contribution in [1.82, 2.24) is 14.8 Å². The second-order valence-electron chi connectivity index (χ2n) is 6.93. The number of nitrogens with zero attached hydrogens (tertiary/aromatic N) is 3. The van der Waals surface area contributed by atoms with Crippen LogP contribution >= 0.6 is 0 Å². The second-order valence-corrected chi connectivity index (χ2v) is 6.93. The number of hydrogen-bond acceptors (Lipinski definition) is 3. The molecule has 0 spiro atoms. The predicted molar refractivity (Wildman–Crippen MR) is 88.6 cm³/mol. The Hall–Kier alpha value is -1.80. The van der Waals surface area contributed by atoms with Crippen LogP contribution in [0.1, 0.15) is 37.8 Å². The Morgan fingerprint density at radius 3 is 3.04 bits per heavy atom. The van der Waals surface area contributed by atoms with E-state index in [2.05, 4.69) is 41.2 Å². The van der Waals surface area contributed by atoms with Crippen molar-refractivity contribution in [2.24, 2.45) is 5.92 Å². The Morgan fingerprint density at radius 2 is 2.30 bits per heavy atom. The van der Waals surface area contributed by atoms with E-state index < -0.39 is 0 Å². The third-order valence-electron chi connectivity index (χ3n) is 5.32. The minimum absolute atomic E-state index is 0.0822. The topological polar surface area (TPSA) is 61.1 Å². The number of amides is 1. The van der Waals surface area contributed by atoms with Gasteiger partial charge in [-0.3, -0.25) is 4.79 Å². The molecule has 2 fully saturated rings. The fourth-order valence-corrected chi connectivity index (χ4v) is 3.94. The number of nitriles is 1. The fourth-order valence-electron chi connectivity index (χ4n) is 3.94. The molecule has 1 saturated heterocycles. The Balaban J connectivity index is 1.43. The zero-order valence-electron chi connectivity index (χ0n) is 13.9. The number of hydrogen-bond donors (Lipinski definition) is 1. The minimum Gasteiger partial charge on any atom is -0.351 e. The summed E-state index contributed by atoms with van der Waals surface area (Å²) in [6.45, 7) is 4.33. The summed E-state index contributed by atoms with van der Waals surface area (Å²) in [6.07, 6.45) is 7.41. The molecule has 1 aliphatic carbocycles. The molecule has 124 valence electrons. The van der Waals surface area contributed by atoms with Crippen molar-refractivity contribution in [2.45, 2.75) is 57.7 Å². The van der Waals surface area contributed by atoms with Gasteiger partial charge >= 0.3 is 0 Å². The van der Waals surface area contributed by atoms with Crippen LogP contribution in [0.3, 0.4) is 0 Å². The van der Waals surface area contributed by atoms with E-state index in [9.17, 15) is 4.79 Å². The molecule has 0 unspecified atom stereocenters. The van der Waals surface area contributed by atoms with Crippen LogP contribution in [-0.2, 0) is 11.3 Å². The van der Waals surface area contributed by atoms with E-state index in [4.69, 9.17) is 5.26 Å². The summed E-state index contributed by atoms with van der Waals surface area (Å²) in [4.78, 5) is 14.0. The normalized spacial score (nSPS) is 27.3. The lowest BCUT2D eigenvalue weighted by molar-refractivity contribution is -0.130. The van der Waals surface area contributed by atoms with Crippen molar-refractivity contribution < 1.29 is 4.79 Å². The van der Waals surface area contributed by atoms with Gasteiger partial charge in [-0.25, -0.2) is 0 Å². The number of rotatable bonds is 5. The maximum Gasteiger partial charge on any atom is 0.237 e. The molecule has 2 aliphatic rings. The highest BCUT2D eigenvalue weighted by molar-refractivity contribution is 5.79. The molecule has 3 atom stereocenters. The molecule has 1 aromatic heterocycles. The van der Waals surface area contributed by atoms with Gasteiger partial charge in [0.2, 0.25) is 5.91 Å². The van der Waals surface area contributed by atoms with Crippen molar-refractivity contribution in [3.05, 3.63) is 24.0 Å². The van der Waals surface area contributed by atoms with Crippen molar-refractivity contribution in [2.75, 3.05) is 13.1 Å². The van der Waals surface area contributed by atoms with Gasteiger partial charge in [-0.15, -0.1) is 0 Å². The lowest BCUT2D eigenvalue weighted by Gasteiger charge is -2.21. The SMILES string of the molecule is Cc1cccn1C[C@H]1CC[C@@H](NCC(=O)N2CCC[C@H]2C#N)C1. The number of carbonyl (C=O) groups is 1. The molecular formula is C18H26N4O. The van der Waals surface area contributed by atoms with E-state index in [0.29, 0.717) is 18.5 Å². The molecule has 5 heteroatoms. The zero-order valence-corrected chi connectivity index (χ0v) is 13.9. The summed E-state index contributed by atoms with van der Waals surface area (Å²) in [5.41, 5.74) is 1.31. The molecule has 0 radical (unpaired) electrons. The summed E-state index contributed by atoms with van der Waals surface area (Å²) in [5.74, 6) is 0.770. The van der Waals surface area contributed by atoms with Gasteiger partial charge in [0.25, 0.3) is 0 Å². The van der Waals surface area contributed by atoms with Gasteiger partial charge in [0.05, 0.1) is 12.6 Å². The molecule has 23 heavy (non-hydrogen) atoms. The van der Waals surface area contributed by atoms with Crippen molar-refractivity contribution in [1.29, 1.82) is 5.26 Å². The first-order chi connectivity index (χ1) is 11.2. The number of aryl methyl sites for hydroxylation is 1. The van der Waals surface area contributed by atoms with Crippen LogP contribution in [0.25, 0.3) is 0 Å². The van der Waals surface area contributed by atoms with Crippen LogP contribution in [-0.4, -0.2) is 40.5 Å². The van der Waals surface area contributed by atoms with Gasteiger partial charge in [0.1, 0.15) is 6.04 Å². The summed E-state index contributed by atoms with van der Waals surface area (Å²) >= 11 is 0. The molecule has 3 rings (SSSR count). The quantitative estimate of drug-likeness (QED) is 0.905. The van der Waals surface area contributed by atoms with Gasteiger partial charge in [0, 0.05) is 31.0 Å². The van der Waals surface area contributed by atoms with Crippen LogP contribution in [0.5, 0.6) is 0 Å². The Bertz CT molecular complexity index is 588. The Labute approximate surface area is 138 Å². The maximum absolute atomic E-state index is 12.3. The first kappa shape index (κ1) is 16.1. The van der Waals surface area contributed by atoms with Crippen molar-refractivity contribution >= 4 is 5.91 Å². The molecule has 1 aliphatic heterocycles. The molecular weight excluding hydrogens is 288 g/mol. The standard InChI is InChI=1S/C18H26N4O/c1-14-4-2-8-21(14)13-15-6-7-16(10-15)20-12-18(23)22-9-3-5-17(22)11-19/h2,4,8,15-17,20H,3,5-7,9-10,12-13H2,1H3/t15-,16+,17-/m0/s1. The first-order valence-electron chi connectivity index (χ1n) is 8.71. The number of likely N-dealkylation sites (tertiary alicyclic amines) is 1. The van der Waals surface area contributed by atoms with E-state index in [1.807, 2.05) is 0 Å². The van der Waals surface area contributed by atoms with Gasteiger partial charge < -0.3 is 14.8 Å². The third kappa shape index (κ3) is 3.76. The molecule has 0 aromatic carbocycles. The van der Waals surface area contributed by atoms with E-state index in [0.717, 1.165) is 38.8 Å². The van der Waals surface area contributed by atoms with E-state index in [1.54, 1.807) is 4.90 Å². The van der Waals surface area contributed by atoms with Crippen LogP contribution in [0, 0.1) is 24.2 Å². The lowest BCUT2D eigenvalue weighted by atomic mass is 10.1. The Kier molecular flexibility index (Phi) is 5.02. The molecule has 5 nitrogen and oxygen atoms in total. The van der Waals surface area contributed by atoms with Crippen LogP contribution in [0.4, 0.5) is 0 Å². The van der Waals surface area contributed by atoms with Crippen LogP contribution in [0.15, 0.2) is 18.3 Å². The van der Waals surface area contributed by atoms with E-state index >= 15 is 0 Å². The van der Waals surface area contributed by atoms with E-state index in [-0.39, 0.29) is 11.9 Å². The molecule has 1 amide bonds. The number of nitrogens with one attached hydrogen (secondary N) is 1. The molecule has 1 saturated carbocycles. The highest BCUT2D eigenvalue weighted by atomic mass is 16.2. The van der Waals surface area contributed by atoms with Gasteiger partial charge in [-0.1, -0.05) is 0 Å². The largest absolute Gasteiger partial charge is 0.351 e. The monoisotopic (exact) mass is 314 g/mol. The van der Waals surface area contributed by atoms with Crippen LogP contribution in [0.2, 0.25) is 0 Å². The van der Waals surface area contributed by atoms with Crippen molar-refractivity contribution in [3.8, 4) is 6.07 Å². The zero-order chi connectivity index (χ0) is 16.2. The maximum atomic E-state index is 12.3. The molecule has 2 heterocycles. The van der Waals surface area contributed by atoms with E-state index in [1.165, 1.54) is 12.1 Å². The fraction of sp³-hybridized carbons (Fsp3) is 0.667. The summed E-state index contributed by atoms with van der Waals surface area (Å²) in [6, 6.07) is 6.70. The average Bonchev–Trinajstić information content (AvgIpc) is 3.27. The third-order valence-corrected chi connectivity index (χ3v) is 5.32. The number of carbonyl (C=O) groups excluding carboxylic acids is 1. The Morgan fingerprint density at radius 1 is 1.43 bits per heavy atom. The van der Waals surface area contributed by atoms with Gasteiger partial charge in [-0.05, 0) is 57.1 Å². The number of aromatic nitrogens is 1. The first-order valence-corrected chi connectivity index (χ1v) is 8.71. The molecule has 1 aromatic rings. The molecule has 1 N–H and O–H groups in total. The summed E-state index contributed by atoms with van der Waals surface area (Å²) in [5, 5.41) is 12.5.